The number of aryl methyl sites for hydroxylation is 2. The normalized spacial score (nSPS) is 20.7. The van der Waals surface area contributed by atoms with Gasteiger partial charge in [-0.15, -0.1) is 0 Å². The molecule has 2 aliphatic heterocycles. The van der Waals surface area contributed by atoms with E-state index in [0.29, 0.717) is 17.9 Å². The van der Waals surface area contributed by atoms with E-state index in [2.05, 4.69) is 17.3 Å². The number of sulfonamides is 1. The Labute approximate surface area is 179 Å². The minimum absolute atomic E-state index is 0.285. The van der Waals surface area contributed by atoms with Gasteiger partial charge in [-0.1, -0.05) is 6.07 Å². The topological polar surface area (TPSA) is 78.4 Å². The van der Waals surface area contributed by atoms with Gasteiger partial charge in [-0.3, -0.25) is 0 Å². The fourth-order valence-electron chi connectivity index (χ4n) is 4.42. The second-order valence-corrected chi connectivity index (χ2v) is 10.5. The van der Waals surface area contributed by atoms with Crippen LogP contribution >= 0.6 is 0 Å². The van der Waals surface area contributed by atoms with Gasteiger partial charge in [0.1, 0.15) is 11.6 Å². The lowest BCUT2D eigenvalue weighted by Crippen LogP contribution is -2.38. The smallest absolute Gasteiger partial charge is 0.243 e. The van der Waals surface area contributed by atoms with Crippen LogP contribution in [0.15, 0.2) is 23.1 Å². The van der Waals surface area contributed by atoms with Gasteiger partial charge in [0, 0.05) is 31.6 Å². The Kier molecular flexibility index (Phi) is 5.83. The fraction of sp³-hybridized carbons (Fsp3) is 0.545. The first-order valence-electron chi connectivity index (χ1n) is 10.6. The van der Waals surface area contributed by atoms with E-state index in [1.807, 2.05) is 27.0 Å². The lowest BCUT2D eigenvalue weighted by molar-refractivity contribution is 0.245. The summed E-state index contributed by atoms with van der Waals surface area (Å²) in [7, 11) is 0.433. The summed E-state index contributed by atoms with van der Waals surface area (Å²) in [6, 6.07) is 5.34. The average molecular weight is 430 g/mol. The highest BCUT2D eigenvalue weighted by molar-refractivity contribution is 7.89. The van der Waals surface area contributed by atoms with Gasteiger partial charge in [-0.05, 0) is 70.0 Å². The molecule has 3 heterocycles. The van der Waals surface area contributed by atoms with E-state index in [1.54, 1.807) is 16.4 Å². The molecular formula is C22H31N5O2S. The third kappa shape index (κ3) is 3.96. The van der Waals surface area contributed by atoms with Crippen molar-refractivity contribution in [3.8, 4) is 0 Å². The predicted octanol–water partition coefficient (Wildman–Crippen LogP) is 2.69. The van der Waals surface area contributed by atoms with Gasteiger partial charge < -0.3 is 10.2 Å². The van der Waals surface area contributed by atoms with Crippen molar-refractivity contribution in [3.05, 3.63) is 46.4 Å². The number of benzene rings is 1. The van der Waals surface area contributed by atoms with Crippen LogP contribution in [-0.2, 0) is 23.0 Å². The Morgan fingerprint density at radius 1 is 1.13 bits per heavy atom. The quantitative estimate of drug-likeness (QED) is 0.805. The van der Waals surface area contributed by atoms with Gasteiger partial charge in [0.05, 0.1) is 17.1 Å². The van der Waals surface area contributed by atoms with Crippen molar-refractivity contribution < 1.29 is 8.42 Å². The third-order valence-electron chi connectivity index (χ3n) is 6.39. The zero-order chi connectivity index (χ0) is 21.5. The molecule has 1 N–H and O–H groups in total. The van der Waals surface area contributed by atoms with Crippen molar-refractivity contribution in [1.82, 2.24) is 19.2 Å². The summed E-state index contributed by atoms with van der Waals surface area (Å²) in [6.07, 6.45) is 2.81. The fourth-order valence-corrected chi connectivity index (χ4v) is 5.91. The van der Waals surface area contributed by atoms with Crippen molar-refractivity contribution in [1.29, 1.82) is 0 Å². The molecule has 2 aliphatic rings. The molecular weight excluding hydrogens is 398 g/mol. The summed E-state index contributed by atoms with van der Waals surface area (Å²) in [5.41, 5.74) is 3.94. The van der Waals surface area contributed by atoms with Crippen molar-refractivity contribution in [2.24, 2.45) is 0 Å². The van der Waals surface area contributed by atoms with Gasteiger partial charge >= 0.3 is 0 Å². The van der Waals surface area contributed by atoms with Crippen LogP contribution in [0, 0.1) is 13.8 Å². The summed E-state index contributed by atoms with van der Waals surface area (Å²) in [4.78, 5) is 12.4. The summed E-state index contributed by atoms with van der Waals surface area (Å²) in [5.74, 6) is 1.95. The van der Waals surface area contributed by atoms with Crippen LogP contribution in [0.3, 0.4) is 0 Å². The number of likely N-dealkylation sites (N-methyl/N-ethyl adjacent to an activating group) is 1. The third-order valence-corrected chi connectivity index (χ3v) is 8.23. The molecule has 0 amide bonds. The Morgan fingerprint density at radius 2 is 1.93 bits per heavy atom. The number of nitrogens with one attached hydrogen (secondary N) is 1. The first-order valence-corrected chi connectivity index (χ1v) is 12.1. The van der Waals surface area contributed by atoms with Gasteiger partial charge in [0.2, 0.25) is 10.0 Å². The molecule has 1 aromatic carbocycles. The maximum Gasteiger partial charge on any atom is 0.243 e. The van der Waals surface area contributed by atoms with Gasteiger partial charge in [0.15, 0.2) is 0 Å². The van der Waals surface area contributed by atoms with E-state index in [0.717, 1.165) is 60.0 Å². The molecule has 4 rings (SSSR count). The van der Waals surface area contributed by atoms with Gasteiger partial charge in [-0.2, -0.15) is 4.31 Å². The van der Waals surface area contributed by atoms with Crippen molar-refractivity contribution >= 4 is 15.8 Å². The molecule has 2 aromatic rings. The minimum atomic E-state index is -3.57. The summed E-state index contributed by atoms with van der Waals surface area (Å²) in [6.45, 7) is 6.70. The average Bonchev–Trinajstić information content (AvgIpc) is 2.74. The van der Waals surface area contributed by atoms with Crippen molar-refractivity contribution in [2.75, 3.05) is 39.0 Å². The first kappa shape index (κ1) is 21.2. The predicted molar refractivity (Wildman–Crippen MR) is 118 cm³/mol. The number of anilines is 1. The Bertz CT molecular complexity index is 1050. The van der Waals surface area contributed by atoms with Crippen LogP contribution in [0.25, 0.3) is 0 Å². The second-order valence-electron chi connectivity index (χ2n) is 8.54. The number of hydrogen-bond donors (Lipinski definition) is 1. The molecule has 162 valence electrons. The van der Waals surface area contributed by atoms with Gasteiger partial charge in [0.25, 0.3) is 0 Å². The zero-order valence-electron chi connectivity index (χ0n) is 18.3. The van der Waals surface area contributed by atoms with Crippen LogP contribution in [0.1, 0.15) is 47.0 Å². The molecule has 7 nitrogen and oxygen atoms in total. The van der Waals surface area contributed by atoms with E-state index in [-0.39, 0.29) is 12.5 Å². The summed E-state index contributed by atoms with van der Waals surface area (Å²) >= 11 is 0. The summed E-state index contributed by atoms with van der Waals surface area (Å²) < 4.78 is 28.2. The molecule has 0 radical (unpaired) electrons. The number of rotatable bonds is 4. The number of piperidine rings is 1. The van der Waals surface area contributed by atoms with Crippen LogP contribution in [-0.4, -0.2) is 61.3 Å². The molecule has 1 fully saturated rings. The number of aromatic nitrogens is 2. The molecule has 1 saturated heterocycles. The molecule has 0 aliphatic carbocycles. The zero-order valence-corrected chi connectivity index (χ0v) is 19.1. The standard InChI is InChI=1S/C22H31N5O2S/c1-15-7-8-18(12-16(15)2)30(28,29)27-11-9-19-20(14-27)24-21(25-22(19)23-3)17-6-5-10-26(4)13-17/h7-8,12,17H,5-6,9-11,13-14H2,1-4H3,(H,23,24,25)/t17-/m1/s1. The Hall–Kier alpha value is -2.03. The monoisotopic (exact) mass is 429 g/mol. The van der Waals surface area contributed by atoms with Crippen LogP contribution in [0.5, 0.6) is 0 Å². The van der Waals surface area contributed by atoms with Crippen LogP contribution in [0.4, 0.5) is 5.82 Å². The minimum Gasteiger partial charge on any atom is -0.373 e. The van der Waals surface area contributed by atoms with E-state index < -0.39 is 10.0 Å². The largest absolute Gasteiger partial charge is 0.373 e. The van der Waals surface area contributed by atoms with Crippen LogP contribution in [0.2, 0.25) is 0 Å². The van der Waals surface area contributed by atoms with E-state index >= 15 is 0 Å². The lowest BCUT2D eigenvalue weighted by Gasteiger charge is -2.32. The van der Waals surface area contributed by atoms with E-state index in [9.17, 15) is 8.42 Å². The SMILES string of the molecule is CNc1nc([C@@H]2CCCN(C)C2)nc2c1CCN(S(=O)(=O)c1ccc(C)c(C)c1)C2. The van der Waals surface area contributed by atoms with E-state index in [1.165, 1.54) is 0 Å². The maximum absolute atomic E-state index is 13.3. The first-order chi connectivity index (χ1) is 14.3. The van der Waals surface area contributed by atoms with Crippen LogP contribution < -0.4 is 5.32 Å². The molecule has 1 aromatic heterocycles. The highest BCUT2D eigenvalue weighted by Crippen LogP contribution is 2.31. The molecule has 30 heavy (non-hydrogen) atoms. The molecule has 0 spiro atoms. The molecule has 8 heteroatoms. The molecule has 0 bridgehead atoms. The highest BCUT2D eigenvalue weighted by Gasteiger charge is 2.32. The second kappa shape index (κ2) is 8.24. The van der Waals surface area contributed by atoms with Crippen molar-refractivity contribution in [3.63, 3.8) is 0 Å². The highest BCUT2D eigenvalue weighted by atomic mass is 32.2. The van der Waals surface area contributed by atoms with Crippen molar-refractivity contribution in [2.45, 2.75) is 50.5 Å². The number of likely N-dealkylation sites (tertiary alicyclic amines) is 1. The number of nitrogens with zero attached hydrogens (tertiary/aromatic N) is 4. The van der Waals surface area contributed by atoms with E-state index in [4.69, 9.17) is 9.97 Å². The number of fused-ring (bicyclic) bond motifs is 1. The molecule has 0 saturated carbocycles. The number of hydrogen-bond acceptors (Lipinski definition) is 6. The Balaban J connectivity index is 1.66. The summed E-state index contributed by atoms with van der Waals surface area (Å²) in [5, 5.41) is 3.21. The van der Waals surface area contributed by atoms with Gasteiger partial charge in [-0.25, -0.2) is 18.4 Å². The molecule has 1 atom stereocenters. The maximum atomic E-state index is 13.3. The molecule has 0 unspecified atom stereocenters. The lowest BCUT2D eigenvalue weighted by atomic mass is 9.96. The Morgan fingerprint density at radius 3 is 2.63 bits per heavy atom.